The van der Waals surface area contributed by atoms with Gasteiger partial charge in [0.25, 0.3) is 5.89 Å². The van der Waals surface area contributed by atoms with Crippen LogP contribution >= 0.6 is 0 Å². The number of ether oxygens (including phenoxy) is 1. The molecule has 4 aromatic rings. The summed E-state index contributed by atoms with van der Waals surface area (Å²) >= 11 is 0. The van der Waals surface area contributed by atoms with Crippen LogP contribution in [-0.2, 0) is 0 Å². The lowest BCUT2D eigenvalue weighted by molar-refractivity contribution is 0.329. The van der Waals surface area contributed by atoms with E-state index in [2.05, 4.69) is 15.1 Å². The van der Waals surface area contributed by atoms with Crippen LogP contribution in [0, 0.1) is 6.92 Å². The smallest absolute Gasteiger partial charge is 0.258 e. The van der Waals surface area contributed by atoms with Gasteiger partial charge in [-0.25, -0.2) is 4.98 Å². The SMILES string of the molecule is CCOc1nc2ccccc2cc1-c1noc(-c2ccccc2C)n1. The number of aromatic nitrogens is 3. The molecule has 25 heavy (non-hydrogen) atoms. The predicted molar refractivity (Wildman–Crippen MR) is 96.4 cm³/mol. The number of aryl methyl sites for hydroxylation is 1. The molecule has 0 saturated heterocycles. The summed E-state index contributed by atoms with van der Waals surface area (Å²) in [6.45, 7) is 4.46. The van der Waals surface area contributed by atoms with Crippen molar-refractivity contribution in [2.75, 3.05) is 6.61 Å². The third-order valence-electron chi connectivity index (χ3n) is 4.01. The van der Waals surface area contributed by atoms with Crippen molar-refractivity contribution in [3.05, 3.63) is 60.2 Å². The van der Waals surface area contributed by atoms with Gasteiger partial charge in [0, 0.05) is 10.9 Å². The molecule has 0 saturated carbocycles. The fourth-order valence-electron chi connectivity index (χ4n) is 2.76. The van der Waals surface area contributed by atoms with E-state index in [1.54, 1.807) is 0 Å². The van der Waals surface area contributed by atoms with Gasteiger partial charge in [0.15, 0.2) is 0 Å². The van der Waals surface area contributed by atoms with Crippen LogP contribution in [-0.4, -0.2) is 21.7 Å². The average Bonchev–Trinajstić information content (AvgIpc) is 3.11. The lowest BCUT2D eigenvalue weighted by Gasteiger charge is -2.08. The summed E-state index contributed by atoms with van der Waals surface area (Å²) in [5.74, 6) is 1.47. The molecule has 124 valence electrons. The minimum atomic E-state index is 0.472. The van der Waals surface area contributed by atoms with Gasteiger partial charge in [-0.05, 0) is 37.6 Å². The van der Waals surface area contributed by atoms with Crippen LogP contribution < -0.4 is 4.74 Å². The molecular formula is C20H17N3O2. The summed E-state index contributed by atoms with van der Waals surface area (Å²) in [5, 5.41) is 5.15. The Morgan fingerprint density at radius 3 is 2.60 bits per heavy atom. The molecule has 5 nitrogen and oxygen atoms in total. The van der Waals surface area contributed by atoms with Crippen molar-refractivity contribution in [3.63, 3.8) is 0 Å². The van der Waals surface area contributed by atoms with Gasteiger partial charge in [0.2, 0.25) is 11.7 Å². The number of hydrogen-bond acceptors (Lipinski definition) is 5. The molecule has 0 amide bonds. The molecule has 0 bridgehead atoms. The van der Waals surface area contributed by atoms with E-state index in [-0.39, 0.29) is 0 Å². The fraction of sp³-hybridized carbons (Fsp3) is 0.150. The van der Waals surface area contributed by atoms with Gasteiger partial charge in [-0.15, -0.1) is 0 Å². The number of benzene rings is 2. The minimum Gasteiger partial charge on any atom is -0.477 e. The highest BCUT2D eigenvalue weighted by molar-refractivity contribution is 5.85. The van der Waals surface area contributed by atoms with E-state index in [1.165, 1.54) is 0 Å². The highest BCUT2D eigenvalue weighted by atomic mass is 16.5. The first-order chi connectivity index (χ1) is 12.3. The molecule has 0 atom stereocenters. The molecule has 0 N–H and O–H groups in total. The topological polar surface area (TPSA) is 61.0 Å². The van der Waals surface area contributed by atoms with Gasteiger partial charge in [-0.3, -0.25) is 0 Å². The Bertz CT molecular complexity index is 1040. The number of pyridine rings is 1. The zero-order valence-corrected chi connectivity index (χ0v) is 14.1. The molecule has 0 spiro atoms. The molecule has 5 heteroatoms. The van der Waals surface area contributed by atoms with Gasteiger partial charge in [0.05, 0.1) is 17.7 Å². The van der Waals surface area contributed by atoms with Crippen LogP contribution in [0.15, 0.2) is 59.1 Å². The zero-order valence-electron chi connectivity index (χ0n) is 14.1. The first-order valence-corrected chi connectivity index (χ1v) is 8.19. The standard InChI is InChI=1S/C20H17N3O2/c1-3-24-19-16(12-14-9-5-7-11-17(14)21-19)18-22-20(25-23-18)15-10-6-4-8-13(15)2/h4-12H,3H2,1-2H3. The lowest BCUT2D eigenvalue weighted by atomic mass is 10.1. The summed E-state index contributed by atoms with van der Waals surface area (Å²) in [5.41, 5.74) is 3.61. The van der Waals surface area contributed by atoms with Gasteiger partial charge < -0.3 is 9.26 Å². The minimum absolute atomic E-state index is 0.472. The van der Waals surface area contributed by atoms with Crippen molar-refractivity contribution in [3.8, 4) is 28.7 Å². The Morgan fingerprint density at radius 2 is 1.76 bits per heavy atom. The van der Waals surface area contributed by atoms with Crippen molar-refractivity contribution in [1.29, 1.82) is 0 Å². The highest BCUT2D eigenvalue weighted by Crippen LogP contribution is 2.32. The van der Waals surface area contributed by atoms with E-state index >= 15 is 0 Å². The van der Waals surface area contributed by atoms with Crippen molar-refractivity contribution < 1.29 is 9.26 Å². The molecule has 0 fully saturated rings. The van der Waals surface area contributed by atoms with E-state index < -0.39 is 0 Å². The number of fused-ring (bicyclic) bond motifs is 1. The van der Waals surface area contributed by atoms with Gasteiger partial charge in [-0.2, -0.15) is 4.98 Å². The van der Waals surface area contributed by atoms with Gasteiger partial charge in [-0.1, -0.05) is 41.6 Å². The molecule has 4 rings (SSSR count). The van der Waals surface area contributed by atoms with Crippen LogP contribution in [0.5, 0.6) is 5.88 Å². The normalized spacial score (nSPS) is 11.0. The molecule has 0 aliphatic heterocycles. The largest absolute Gasteiger partial charge is 0.477 e. The number of para-hydroxylation sites is 1. The molecule has 0 unspecified atom stereocenters. The van der Waals surface area contributed by atoms with Crippen molar-refractivity contribution >= 4 is 10.9 Å². The maximum Gasteiger partial charge on any atom is 0.258 e. The Labute approximate surface area is 145 Å². The Morgan fingerprint density at radius 1 is 0.960 bits per heavy atom. The van der Waals surface area contributed by atoms with E-state index in [0.29, 0.717) is 24.2 Å². The van der Waals surface area contributed by atoms with Crippen LogP contribution in [0.3, 0.4) is 0 Å². The molecule has 0 aliphatic carbocycles. The Balaban J connectivity index is 1.84. The second-order valence-corrected chi connectivity index (χ2v) is 5.70. The van der Waals surface area contributed by atoms with E-state index in [0.717, 1.165) is 27.6 Å². The predicted octanol–water partition coefficient (Wildman–Crippen LogP) is 4.66. The number of nitrogens with zero attached hydrogens (tertiary/aromatic N) is 3. The number of rotatable bonds is 4. The lowest BCUT2D eigenvalue weighted by Crippen LogP contribution is -1.98. The summed E-state index contributed by atoms with van der Waals surface area (Å²) in [7, 11) is 0. The summed E-state index contributed by atoms with van der Waals surface area (Å²) in [6.07, 6.45) is 0. The fourth-order valence-corrected chi connectivity index (χ4v) is 2.76. The van der Waals surface area contributed by atoms with Gasteiger partial charge in [0.1, 0.15) is 0 Å². The molecule has 2 aromatic heterocycles. The maximum atomic E-state index is 5.71. The molecule has 0 aliphatic rings. The first-order valence-electron chi connectivity index (χ1n) is 8.19. The van der Waals surface area contributed by atoms with E-state index in [9.17, 15) is 0 Å². The summed E-state index contributed by atoms with van der Waals surface area (Å²) in [4.78, 5) is 9.16. The van der Waals surface area contributed by atoms with Crippen LogP contribution in [0.2, 0.25) is 0 Å². The van der Waals surface area contributed by atoms with Crippen LogP contribution in [0.1, 0.15) is 12.5 Å². The average molecular weight is 331 g/mol. The molecule has 2 heterocycles. The van der Waals surface area contributed by atoms with Crippen LogP contribution in [0.25, 0.3) is 33.7 Å². The monoisotopic (exact) mass is 331 g/mol. The Kier molecular flexibility index (Phi) is 3.90. The van der Waals surface area contributed by atoms with Crippen molar-refractivity contribution in [1.82, 2.24) is 15.1 Å². The van der Waals surface area contributed by atoms with E-state index in [1.807, 2.05) is 68.4 Å². The number of hydrogen-bond donors (Lipinski definition) is 0. The molecule has 0 radical (unpaired) electrons. The highest BCUT2D eigenvalue weighted by Gasteiger charge is 2.17. The zero-order chi connectivity index (χ0) is 17.2. The van der Waals surface area contributed by atoms with Crippen molar-refractivity contribution in [2.45, 2.75) is 13.8 Å². The molecule has 2 aromatic carbocycles. The third-order valence-corrected chi connectivity index (χ3v) is 4.01. The first kappa shape index (κ1) is 15.3. The summed E-state index contributed by atoms with van der Waals surface area (Å²) in [6, 6.07) is 17.8. The second-order valence-electron chi connectivity index (χ2n) is 5.70. The summed E-state index contributed by atoms with van der Waals surface area (Å²) < 4.78 is 11.2. The quantitative estimate of drug-likeness (QED) is 0.544. The van der Waals surface area contributed by atoms with Gasteiger partial charge >= 0.3 is 0 Å². The van der Waals surface area contributed by atoms with Crippen molar-refractivity contribution in [2.24, 2.45) is 0 Å². The third kappa shape index (κ3) is 2.85. The molecular weight excluding hydrogens is 314 g/mol. The maximum absolute atomic E-state index is 5.71. The second kappa shape index (κ2) is 6.36. The van der Waals surface area contributed by atoms with Crippen LogP contribution in [0.4, 0.5) is 0 Å². The Hall–Kier alpha value is -3.21. The van der Waals surface area contributed by atoms with E-state index in [4.69, 9.17) is 9.26 Å².